The first-order valence-electron chi connectivity index (χ1n) is 5.02. The molecule has 0 saturated carbocycles. The molecule has 0 aliphatic rings. The van der Waals surface area contributed by atoms with Gasteiger partial charge in [0, 0.05) is 23.7 Å². The molecule has 0 atom stereocenters. The van der Waals surface area contributed by atoms with E-state index in [1.165, 1.54) is 12.1 Å². The van der Waals surface area contributed by atoms with Gasteiger partial charge in [-0.3, -0.25) is 14.8 Å². The van der Waals surface area contributed by atoms with Crippen LogP contribution in [-0.2, 0) is 5.54 Å². The Morgan fingerprint density at radius 3 is 2.62 bits per heavy atom. The second-order valence-electron chi connectivity index (χ2n) is 4.74. The van der Waals surface area contributed by atoms with Gasteiger partial charge in [0.1, 0.15) is 0 Å². The molecule has 0 amide bonds. The molecule has 5 nitrogen and oxygen atoms in total. The average Bonchev–Trinajstić information content (AvgIpc) is 2.58. The molecule has 5 heteroatoms. The quantitative estimate of drug-likeness (QED) is 0.547. The van der Waals surface area contributed by atoms with Crippen LogP contribution in [0, 0.1) is 10.1 Å². The van der Waals surface area contributed by atoms with Crippen molar-refractivity contribution in [3.63, 3.8) is 0 Å². The van der Waals surface area contributed by atoms with Crippen LogP contribution in [0.25, 0.3) is 10.9 Å². The number of nitro groups is 1. The standard InChI is InChI=1S/C11H13N3O2/c1-11(2,3)13-7-8-4-5-9(14(15)16)6-10(8)12-13/h4-7H,1-3H3. The number of hydrogen-bond acceptors (Lipinski definition) is 3. The minimum absolute atomic E-state index is 0.0756. The number of hydrogen-bond donors (Lipinski definition) is 0. The van der Waals surface area contributed by atoms with Gasteiger partial charge >= 0.3 is 0 Å². The van der Waals surface area contributed by atoms with Crippen LogP contribution in [-0.4, -0.2) is 14.7 Å². The van der Waals surface area contributed by atoms with Gasteiger partial charge in [-0.25, -0.2) is 0 Å². The molecule has 0 spiro atoms. The maximum atomic E-state index is 10.6. The van der Waals surface area contributed by atoms with Gasteiger partial charge in [-0.05, 0) is 26.8 Å². The predicted molar refractivity (Wildman–Crippen MR) is 61.4 cm³/mol. The second-order valence-corrected chi connectivity index (χ2v) is 4.74. The zero-order valence-corrected chi connectivity index (χ0v) is 9.47. The molecule has 84 valence electrons. The van der Waals surface area contributed by atoms with E-state index in [2.05, 4.69) is 5.10 Å². The van der Waals surface area contributed by atoms with Crippen molar-refractivity contribution >= 4 is 16.6 Å². The zero-order chi connectivity index (χ0) is 11.9. The van der Waals surface area contributed by atoms with Crippen LogP contribution < -0.4 is 0 Å². The summed E-state index contributed by atoms with van der Waals surface area (Å²) in [6, 6.07) is 4.72. The molecule has 0 N–H and O–H groups in total. The Kier molecular flexibility index (Phi) is 2.18. The molecule has 0 radical (unpaired) electrons. The van der Waals surface area contributed by atoms with E-state index in [4.69, 9.17) is 0 Å². The van der Waals surface area contributed by atoms with Crippen molar-refractivity contribution in [1.29, 1.82) is 0 Å². The van der Waals surface area contributed by atoms with E-state index < -0.39 is 4.92 Å². The molecule has 2 aromatic rings. The van der Waals surface area contributed by atoms with Gasteiger partial charge in [0.15, 0.2) is 0 Å². The van der Waals surface area contributed by atoms with Crippen molar-refractivity contribution in [3.05, 3.63) is 34.5 Å². The third-order valence-corrected chi connectivity index (χ3v) is 2.39. The lowest BCUT2D eigenvalue weighted by molar-refractivity contribution is -0.384. The minimum Gasteiger partial charge on any atom is -0.266 e. The molecule has 0 aliphatic carbocycles. The van der Waals surface area contributed by atoms with Crippen LogP contribution in [0.5, 0.6) is 0 Å². The van der Waals surface area contributed by atoms with Gasteiger partial charge in [-0.2, -0.15) is 5.10 Å². The van der Waals surface area contributed by atoms with Gasteiger partial charge in [0.05, 0.1) is 16.0 Å². The maximum Gasteiger partial charge on any atom is 0.271 e. The molecule has 16 heavy (non-hydrogen) atoms. The zero-order valence-electron chi connectivity index (χ0n) is 9.47. The number of nitro benzene ring substituents is 1. The molecular weight excluding hydrogens is 206 g/mol. The predicted octanol–water partition coefficient (Wildman–Crippen LogP) is 2.70. The van der Waals surface area contributed by atoms with E-state index in [9.17, 15) is 10.1 Å². The van der Waals surface area contributed by atoms with E-state index in [1.807, 2.05) is 31.6 Å². The Bertz CT molecular complexity index is 552. The Labute approximate surface area is 92.8 Å². The molecule has 0 bridgehead atoms. The van der Waals surface area contributed by atoms with Crippen molar-refractivity contribution in [2.24, 2.45) is 0 Å². The summed E-state index contributed by atoms with van der Waals surface area (Å²) in [5, 5.41) is 15.9. The monoisotopic (exact) mass is 219 g/mol. The minimum atomic E-state index is -0.407. The summed E-state index contributed by atoms with van der Waals surface area (Å²) in [4.78, 5) is 10.2. The lowest BCUT2D eigenvalue weighted by Crippen LogP contribution is -2.21. The van der Waals surface area contributed by atoms with Crippen molar-refractivity contribution in [3.8, 4) is 0 Å². The fraction of sp³-hybridized carbons (Fsp3) is 0.364. The molecule has 1 aromatic heterocycles. The Hall–Kier alpha value is -1.91. The van der Waals surface area contributed by atoms with Crippen molar-refractivity contribution in [2.75, 3.05) is 0 Å². The summed E-state index contributed by atoms with van der Waals surface area (Å²) >= 11 is 0. The fourth-order valence-corrected chi connectivity index (χ4v) is 1.46. The number of nitrogens with zero attached hydrogens (tertiary/aromatic N) is 3. The van der Waals surface area contributed by atoms with Gasteiger partial charge in [0.25, 0.3) is 5.69 Å². The Morgan fingerprint density at radius 2 is 2.06 bits per heavy atom. The summed E-state index contributed by atoms with van der Waals surface area (Å²) in [6.07, 6.45) is 1.90. The fourth-order valence-electron chi connectivity index (χ4n) is 1.46. The highest BCUT2D eigenvalue weighted by atomic mass is 16.6. The first-order valence-corrected chi connectivity index (χ1v) is 5.02. The normalized spacial score (nSPS) is 11.9. The van der Waals surface area contributed by atoms with Crippen LogP contribution in [0.15, 0.2) is 24.4 Å². The third-order valence-electron chi connectivity index (χ3n) is 2.39. The molecular formula is C11H13N3O2. The second kappa shape index (κ2) is 3.30. The first-order chi connectivity index (χ1) is 7.38. The summed E-state index contributed by atoms with van der Waals surface area (Å²) in [7, 11) is 0. The Balaban J connectivity index is 2.59. The van der Waals surface area contributed by atoms with Crippen LogP contribution in [0.4, 0.5) is 5.69 Å². The molecule has 2 rings (SSSR count). The van der Waals surface area contributed by atoms with E-state index in [1.54, 1.807) is 6.07 Å². The average molecular weight is 219 g/mol. The summed E-state index contributed by atoms with van der Waals surface area (Å²) in [6.45, 7) is 6.11. The SMILES string of the molecule is CC(C)(C)n1cc2ccc([N+](=O)[O-])cc2n1. The smallest absolute Gasteiger partial charge is 0.266 e. The van der Waals surface area contributed by atoms with Crippen molar-refractivity contribution < 1.29 is 4.92 Å². The number of benzene rings is 1. The lowest BCUT2D eigenvalue weighted by atomic mass is 10.1. The Morgan fingerprint density at radius 1 is 1.38 bits per heavy atom. The van der Waals surface area contributed by atoms with Crippen LogP contribution in [0.3, 0.4) is 0 Å². The van der Waals surface area contributed by atoms with Gasteiger partial charge in [0.2, 0.25) is 0 Å². The lowest BCUT2D eigenvalue weighted by Gasteiger charge is -2.18. The molecule has 1 heterocycles. The van der Waals surface area contributed by atoms with Crippen LogP contribution in [0.1, 0.15) is 20.8 Å². The number of aromatic nitrogens is 2. The summed E-state index contributed by atoms with van der Waals surface area (Å²) < 4.78 is 1.82. The van der Waals surface area contributed by atoms with Gasteiger partial charge in [-0.1, -0.05) is 0 Å². The number of fused-ring (bicyclic) bond motifs is 1. The summed E-state index contributed by atoms with van der Waals surface area (Å²) in [5.41, 5.74) is 0.615. The number of non-ortho nitro benzene ring substituents is 1. The molecule has 0 aliphatic heterocycles. The summed E-state index contributed by atoms with van der Waals surface area (Å²) in [5.74, 6) is 0. The highest BCUT2D eigenvalue weighted by Crippen LogP contribution is 2.22. The maximum absolute atomic E-state index is 10.6. The van der Waals surface area contributed by atoms with E-state index in [-0.39, 0.29) is 11.2 Å². The molecule has 0 saturated heterocycles. The number of rotatable bonds is 1. The molecule has 0 fully saturated rings. The van der Waals surface area contributed by atoms with Gasteiger partial charge in [-0.15, -0.1) is 0 Å². The van der Waals surface area contributed by atoms with Crippen LogP contribution in [0.2, 0.25) is 0 Å². The third kappa shape index (κ3) is 1.76. The highest BCUT2D eigenvalue weighted by molar-refractivity contribution is 5.80. The van der Waals surface area contributed by atoms with E-state index >= 15 is 0 Å². The first kappa shape index (κ1) is 10.6. The molecule has 0 unspecified atom stereocenters. The topological polar surface area (TPSA) is 61.0 Å². The van der Waals surface area contributed by atoms with Crippen molar-refractivity contribution in [1.82, 2.24) is 9.78 Å². The largest absolute Gasteiger partial charge is 0.271 e. The van der Waals surface area contributed by atoms with Gasteiger partial charge < -0.3 is 0 Å². The van der Waals surface area contributed by atoms with Crippen molar-refractivity contribution in [2.45, 2.75) is 26.3 Å². The van der Waals surface area contributed by atoms with Crippen LogP contribution >= 0.6 is 0 Å². The van der Waals surface area contributed by atoms with E-state index in [0.717, 1.165) is 5.39 Å². The van der Waals surface area contributed by atoms with E-state index in [0.29, 0.717) is 5.52 Å². The highest BCUT2D eigenvalue weighted by Gasteiger charge is 2.16. The molecule has 1 aromatic carbocycles.